The lowest BCUT2D eigenvalue weighted by atomic mass is 10.1. The number of fused-ring (bicyclic) bond motifs is 1. The van der Waals surface area contributed by atoms with Crippen LogP contribution in [0, 0.1) is 11.3 Å². The molecule has 1 aliphatic heterocycles. The average Bonchev–Trinajstić information content (AvgIpc) is 3.23. The monoisotopic (exact) mass is 456 g/mol. The summed E-state index contributed by atoms with van der Waals surface area (Å²) in [6.07, 6.45) is 0. The van der Waals surface area contributed by atoms with E-state index in [1.165, 1.54) is 34.6 Å². The number of carboxylic acids is 1. The van der Waals surface area contributed by atoms with Crippen molar-refractivity contribution in [3.63, 3.8) is 0 Å². The van der Waals surface area contributed by atoms with Crippen molar-refractivity contribution in [3.8, 4) is 6.07 Å². The van der Waals surface area contributed by atoms with Gasteiger partial charge in [-0.3, -0.25) is 4.79 Å². The Kier molecular flexibility index (Phi) is 5.62. The van der Waals surface area contributed by atoms with E-state index >= 15 is 0 Å². The van der Waals surface area contributed by atoms with E-state index in [0.717, 1.165) is 6.07 Å². The number of benzene rings is 2. The molecule has 2 aromatic carbocycles. The molecular formula is C20H16N4O7S. The first-order valence-corrected chi connectivity index (χ1v) is 10.8. The number of carbonyl (C=O) groups is 2. The fourth-order valence-electron chi connectivity index (χ4n) is 3.26. The summed E-state index contributed by atoms with van der Waals surface area (Å²) in [5.74, 6) is -2.13. The first kappa shape index (κ1) is 21.4. The highest BCUT2D eigenvalue weighted by atomic mass is 32.2. The number of carbonyl (C=O) groups excluding carboxylic acids is 1. The Labute approximate surface area is 181 Å². The standard InChI is InChI=1S/C20H16N4O7S/c21-11-12-1-3-16(14(9-12)20(26)27)22-19(25)18-15-10-13(2-4-17(15)31-23-18)32(28,29)24-5-7-30-8-6-24/h1-4,9-10H,5-8H2,(H,22,25)(H,26,27). The Bertz CT molecular complexity index is 1370. The maximum Gasteiger partial charge on any atom is 0.337 e. The van der Waals surface area contributed by atoms with Crippen LogP contribution in [0.4, 0.5) is 5.69 Å². The first-order valence-electron chi connectivity index (χ1n) is 9.37. The Morgan fingerprint density at radius 3 is 2.59 bits per heavy atom. The number of hydrogen-bond donors (Lipinski definition) is 2. The number of nitriles is 1. The van der Waals surface area contributed by atoms with Crippen molar-refractivity contribution in [1.82, 2.24) is 9.46 Å². The molecule has 11 nitrogen and oxygen atoms in total. The molecule has 12 heteroatoms. The van der Waals surface area contributed by atoms with Gasteiger partial charge in [0.25, 0.3) is 5.91 Å². The van der Waals surface area contributed by atoms with Crippen LogP contribution >= 0.6 is 0 Å². The lowest BCUT2D eigenvalue weighted by Gasteiger charge is -2.26. The van der Waals surface area contributed by atoms with Gasteiger partial charge in [-0.15, -0.1) is 0 Å². The highest BCUT2D eigenvalue weighted by Crippen LogP contribution is 2.26. The smallest absolute Gasteiger partial charge is 0.337 e. The van der Waals surface area contributed by atoms with Gasteiger partial charge in [0.15, 0.2) is 11.3 Å². The van der Waals surface area contributed by atoms with Crippen LogP contribution in [0.25, 0.3) is 11.0 Å². The SMILES string of the molecule is N#Cc1ccc(NC(=O)c2noc3ccc(S(=O)(=O)N4CCOCC4)cc23)c(C(=O)O)c1. The van der Waals surface area contributed by atoms with Crippen LogP contribution in [0.3, 0.4) is 0 Å². The molecule has 0 unspecified atom stereocenters. The Hall–Kier alpha value is -3.79. The maximum atomic E-state index is 12.9. The van der Waals surface area contributed by atoms with Crippen molar-refractivity contribution < 1.29 is 32.4 Å². The molecule has 1 aliphatic rings. The summed E-state index contributed by atoms with van der Waals surface area (Å²) in [7, 11) is -3.81. The van der Waals surface area contributed by atoms with Crippen molar-refractivity contribution in [2.45, 2.75) is 4.90 Å². The molecule has 1 fully saturated rings. The minimum absolute atomic E-state index is 0.0336. The molecule has 4 rings (SSSR count). The number of nitrogens with one attached hydrogen (secondary N) is 1. The summed E-state index contributed by atoms with van der Waals surface area (Å²) in [4.78, 5) is 24.3. The molecule has 0 radical (unpaired) electrons. The molecule has 0 aliphatic carbocycles. The van der Waals surface area contributed by atoms with E-state index in [4.69, 9.17) is 14.5 Å². The van der Waals surface area contributed by atoms with Gasteiger partial charge < -0.3 is 19.7 Å². The highest BCUT2D eigenvalue weighted by Gasteiger charge is 2.28. The zero-order chi connectivity index (χ0) is 22.9. The molecule has 0 spiro atoms. The molecule has 0 atom stereocenters. The van der Waals surface area contributed by atoms with Gasteiger partial charge in [-0.1, -0.05) is 5.16 Å². The third-order valence-electron chi connectivity index (χ3n) is 4.89. The van der Waals surface area contributed by atoms with E-state index in [0.29, 0.717) is 13.2 Å². The van der Waals surface area contributed by atoms with Crippen LogP contribution < -0.4 is 5.32 Å². The fraction of sp³-hybridized carbons (Fsp3) is 0.200. The Morgan fingerprint density at radius 2 is 1.91 bits per heavy atom. The normalized spacial score (nSPS) is 14.7. The molecule has 164 valence electrons. The van der Waals surface area contributed by atoms with Gasteiger partial charge in [-0.2, -0.15) is 9.57 Å². The van der Waals surface area contributed by atoms with E-state index in [1.54, 1.807) is 0 Å². The molecule has 32 heavy (non-hydrogen) atoms. The van der Waals surface area contributed by atoms with E-state index in [9.17, 15) is 23.1 Å². The molecule has 0 bridgehead atoms. The van der Waals surface area contributed by atoms with Crippen LogP contribution in [0.2, 0.25) is 0 Å². The summed E-state index contributed by atoms with van der Waals surface area (Å²) >= 11 is 0. The second-order valence-electron chi connectivity index (χ2n) is 6.84. The lowest BCUT2D eigenvalue weighted by Crippen LogP contribution is -2.40. The number of aromatic nitrogens is 1. The summed E-state index contributed by atoms with van der Waals surface area (Å²) in [5.41, 5.74) is -0.227. The molecule has 3 aromatic rings. The number of morpholine rings is 1. The number of aromatic carboxylic acids is 1. The summed E-state index contributed by atoms with van der Waals surface area (Å²) < 4.78 is 37.5. The van der Waals surface area contributed by atoms with Crippen LogP contribution in [-0.2, 0) is 14.8 Å². The predicted octanol–water partition coefficient (Wildman–Crippen LogP) is 1.67. The van der Waals surface area contributed by atoms with Crippen LogP contribution in [0.15, 0.2) is 45.8 Å². The van der Waals surface area contributed by atoms with E-state index in [-0.39, 0.29) is 51.5 Å². The lowest BCUT2D eigenvalue weighted by molar-refractivity contribution is 0.0698. The minimum atomic E-state index is -3.81. The van der Waals surface area contributed by atoms with E-state index in [2.05, 4.69) is 10.5 Å². The van der Waals surface area contributed by atoms with Crippen LogP contribution in [0.5, 0.6) is 0 Å². The largest absolute Gasteiger partial charge is 0.478 e. The molecular weight excluding hydrogens is 440 g/mol. The minimum Gasteiger partial charge on any atom is -0.478 e. The second-order valence-corrected chi connectivity index (χ2v) is 8.77. The van der Waals surface area contributed by atoms with Gasteiger partial charge >= 0.3 is 5.97 Å². The number of anilines is 1. The summed E-state index contributed by atoms with van der Waals surface area (Å²) in [6.45, 7) is 1.01. The molecule has 1 saturated heterocycles. The number of hydrogen-bond acceptors (Lipinski definition) is 8. The number of rotatable bonds is 5. The number of sulfonamides is 1. The predicted molar refractivity (Wildman–Crippen MR) is 110 cm³/mol. The van der Waals surface area contributed by atoms with Gasteiger partial charge in [0, 0.05) is 13.1 Å². The zero-order valence-electron chi connectivity index (χ0n) is 16.4. The quantitative estimate of drug-likeness (QED) is 0.581. The number of nitrogens with zero attached hydrogens (tertiary/aromatic N) is 3. The van der Waals surface area contributed by atoms with Crippen LogP contribution in [0.1, 0.15) is 26.4 Å². The zero-order valence-corrected chi connectivity index (χ0v) is 17.3. The highest BCUT2D eigenvalue weighted by molar-refractivity contribution is 7.89. The topological polar surface area (TPSA) is 163 Å². The van der Waals surface area contributed by atoms with Crippen LogP contribution in [-0.4, -0.2) is 61.2 Å². The van der Waals surface area contributed by atoms with Gasteiger partial charge in [-0.25, -0.2) is 13.2 Å². The molecule has 1 aromatic heterocycles. The van der Waals surface area contributed by atoms with E-state index in [1.807, 2.05) is 6.07 Å². The Balaban J connectivity index is 1.68. The molecule has 1 amide bonds. The summed E-state index contributed by atoms with van der Waals surface area (Å²) in [5, 5.41) is 24.6. The van der Waals surface area contributed by atoms with Gasteiger partial charge in [0.05, 0.1) is 46.4 Å². The van der Waals surface area contributed by atoms with Crippen molar-refractivity contribution >= 4 is 38.6 Å². The maximum absolute atomic E-state index is 12.9. The Morgan fingerprint density at radius 1 is 1.16 bits per heavy atom. The first-order chi connectivity index (χ1) is 15.3. The van der Waals surface area contributed by atoms with Crippen molar-refractivity contribution in [2.24, 2.45) is 0 Å². The van der Waals surface area contributed by atoms with Crippen molar-refractivity contribution in [3.05, 3.63) is 53.2 Å². The van der Waals surface area contributed by atoms with Crippen molar-refractivity contribution in [1.29, 1.82) is 5.26 Å². The third kappa shape index (κ3) is 3.92. The number of carboxylic acid groups (broad SMARTS) is 1. The van der Waals surface area contributed by atoms with Crippen molar-refractivity contribution in [2.75, 3.05) is 31.6 Å². The average molecular weight is 456 g/mol. The van der Waals surface area contributed by atoms with E-state index < -0.39 is 21.9 Å². The third-order valence-corrected chi connectivity index (χ3v) is 6.79. The molecule has 0 saturated carbocycles. The second kappa shape index (κ2) is 8.39. The number of amides is 1. The molecule has 2 heterocycles. The van der Waals surface area contributed by atoms with Gasteiger partial charge in [0.1, 0.15) is 0 Å². The number of ether oxygens (including phenoxy) is 1. The fourth-order valence-corrected chi connectivity index (χ4v) is 4.69. The molecule has 2 N–H and O–H groups in total. The van der Waals surface area contributed by atoms with Gasteiger partial charge in [-0.05, 0) is 36.4 Å². The summed E-state index contributed by atoms with van der Waals surface area (Å²) in [6, 6.07) is 9.66. The van der Waals surface area contributed by atoms with Gasteiger partial charge in [0.2, 0.25) is 10.0 Å².